The molecule has 2 saturated heterocycles. The fourth-order valence-electron chi connectivity index (χ4n) is 6.45. The van der Waals surface area contributed by atoms with Crippen molar-refractivity contribution in [2.75, 3.05) is 4.90 Å². The summed E-state index contributed by atoms with van der Waals surface area (Å²) in [5, 5.41) is 3.26. The van der Waals surface area contributed by atoms with Crippen molar-refractivity contribution in [3.05, 3.63) is 77.4 Å². The summed E-state index contributed by atoms with van der Waals surface area (Å²) in [5.41, 5.74) is 3.15. The number of benzene rings is 2. The lowest BCUT2D eigenvalue weighted by Crippen LogP contribution is -2.56. The van der Waals surface area contributed by atoms with E-state index in [0.29, 0.717) is 0 Å². The van der Waals surface area contributed by atoms with Gasteiger partial charge in [0.2, 0.25) is 11.8 Å². The highest BCUT2D eigenvalue weighted by atomic mass is 16.5. The van der Waals surface area contributed by atoms with Gasteiger partial charge in [-0.15, -0.1) is 0 Å². The van der Waals surface area contributed by atoms with E-state index in [4.69, 9.17) is 4.74 Å². The molecule has 5 atom stereocenters. The van der Waals surface area contributed by atoms with Crippen molar-refractivity contribution in [1.82, 2.24) is 5.32 Å². The van der Waals surface area contributed by atoms with E-state index in [2.05, 4.69) is 42.6 Å². The zero-order valence-corrected chi connectivity index (χ0v) is 19.2. The molecule has 170 valence electrons. The third-order valence-corrected chi connectivity index (χ3v) is 7.97. The molecule has 2 aromatic rings. The van der Waals surface area contributed by atoms with Crippen LogP contribution in [0, 0.1) is 19.8 Å². The molecule has 4 aliphatic rings. The van der Waals surface area contributed by atoms with Crippen LogP contribution in [0.4, 0.5) is 5.69 Å². The predicted octanol–water partition coefficient (Wildman–Crippen LogP) is 4.18. The zero-order valence-electron chi connectivity index (χ0n) is 19.2. The number of carbonyl (C=O) groups is 2. The summed E-state index contributed by atoms with van der Waals surface area (Å²) < 4.78 is 6.60. The van der Waals surface area contributed by atoms with Crippen molar-refractivity contribution in [1.29, 1.82) is 0 Å². The molecule has 6 rings (SSSR count). The normalized spacial score (nSPS) is 32.5. The number of fused-ring (bicyclic) bond motifs is 1. The number of aryl methyl sites for hydroxylation is 2. The van der Waals surface area contributed by atoms with Crippen LogP contribution in [0.2, 0.25) is 0 Å². The molecule has 1 saturated carbocycles. The number of hydrogen-bond donors (Lipinski definition) is 1. The molecule has 0 aromatic heterocycles. The van der Waals surface area contributed by atoms with Gasteiger partial charge in [-0.25, -0.2) is 0 Å². The quantitative estimate of drug-likeness (QED) is 0.723. The summed E-state index contributed by atoms with van der Waals surface area (Å²) in [6.45, 7) is 4.07. The minimum Gasteiger partial charge on any atom is -0.359 e. The second-order valence-corrected chi connectivity index (χ2v) is 10.1. The first-order chi connectivity index (χ1) is 16.0. The SMILES string of the molecule is Cc1ccc([C@@H]2[C@H]3C=C[C@]4(O3)[C@H](C(=O)NC3CCCC3)N(c3cccc(C)c3)C(=O)[C@@H]24)cc1. The summed E-state index contributed by atoms with van der Waals surface area (Å²) >= 11 is 0. The summed E-state index contributed by atoms with van der Waals surface area (Å²) in [6.07, 6.45) is 8.14. The lowest BCUT2D eigenvalue weighted by Gasteiger charge is -2.33. The van der Waals surface area contributed by atoms with Crippen LogP contribution < -0.4 is 10.2 Å². The van der Waals surface area contributed by atoms with E-state index < -0.39 is 17.6 Å². The van der Waals surface area contributed by atoms with Gasteiger partial charge in [0.15, 0.2) is 0 Å². The van der Waals surface area contributed by atoms with E-state index in [1.165, 1.54) is 5.56 Å². The standard InChI is InChI=1S/C28H30N2O3/c1-17-10-12-19(13-11-17)23-22-14-15-28(33-22)24(23)27(32)30(21-9-5-6-18(2)16-21)25(28)26(31)29-20-7-3-4-8-20/h5-6,9-16,20,22-25H,3-4,7-8H2,1-2H3,(H,29,31)/t22-,23-,24-,25+,28-/m1/s1. The summed E-state index contributed by atoms with van der Waals surface area (Å²) in [7, 11) is 0. The Balaban J connectivity index is 1.45. The van der Waals surface area contributed by atoms with Crippen LogP contribution >= 0.6 is 0 Å². The van der Waals surface area contributed by atoms with Crippen LogP contribution in [0.3, 0.4) is 0 Å². The smallest absolute Gasteiger partial charge is 0.246 e. The highest BCUT2D eigenvalue weighted by molar-refractivity contribution is 6.09. The van der Waals surface area contributed by atoms with Crippen molar-refractivity contribution in [2.45, 2.75) is 69.2 Å². The van der Waals surface area contributed by atoms with Gasteiger partial charge >= 0.3 is 0 Å². The van der Waals surface area contributed by atoms with Gasteiger partial charge in [-0.3, -0.25) is 14.5 Å². The van der Waals surface area contributed by atoms with Crippen LogP contribution in [-0.4, -0.2) is 35.6 Å². The van der Waals surface area contributed by atoms with Crippen LogP contribution in [-0.2, 0) is 14.3 Å². The zero-order chi connectivity index (χ0) is 22.7. The monoisotopic (exact) mass is 442 g/mol. The second-order valence-electron chi connectivity index (χ2n) is 10.1. The Hall–Kier alpha value is -2.92. The van der Waals surface area contributed by atoms with Crippen LogP contribution in [0.15, 0.2) is 60.7 Å². The van der Waals surface area contributed by atoms with Gasteiger partial charge in [-0.1, -0.05) is 67.0 Å². The second kappa shape index (κ2) is 7.56. The van der Waals surface area contributed by atoms with Gasteiger partial charge in [0, 0.05) is 17.6 Å². The first-order valence-electron chi connectivity index (χ1n) is 12.1. The van der Waals surface area contributed by atoms with Crippen LogP contribution in [0.5, 0.6) is 0 Å². The van der Waals surface area contributed by atoms with E-state index in [9.17, 15) is 9.59 Å². The molecule has 5 nitrogen and oxygen atoms in total. The number of ether oxygens (including phenoxy) is 1. The average Bonchev–Trinajstić information content (AvgIpc) is 3.56. The molecule has 2 bridgehead atoms. The summed E-state index contributed by atoms with van der Waals surface area (Å²) in [6, 6.07) is 15.7. The lowest BCUT2D eigenvalue weighted by molar-refractivity contribution is -0.127. The maximum absolute atomic E-state index is 14.1. The average molecular weight is 443 g/mol. The van der Waals surface area contributed by atoms with Gasteiger partial charge in [-0.05, 0) is 49.9 Å². The number of amides is 2. The Kier molecular flexibility index (Phi) is 4.73. The van der Waals surface area contributed by atoms with Gasteiger partial charge in [0.25, 0.3) is 0 Å². The van der Waals surface area contributed by atoms with Crippen molar-refractivity contribution < 1.29 is 14.3 Å². The molecule has 0 unspecified atom stereocenters. The van der Waals surface area contributed by atoms with E-state index in [1.54, 1.807) is 4.90 Å². The molecule has 1 spiro atoms. The molecule has 2 aromatic carbocycles. The number of nitrogens with one attached hydrogen (secondary N) is 1. The topological polar surface area (TPSA) is 58.6 Å². The Morgan fingerprint density at radius 2 is 1.82 bits per heavy atom. The highest BCUT2D eigenvalue weighted by Crippen LogP contribution is 2.59. The third kappa shape index (κ3) is 3.09. The number of nitrogens with zero attached hydrogens (tertiary/aromatic N) is 1. The molecule has 3 aliphatic heterocycles. The summed E-state index contributed by atoms with van der Waals surface area (Å²) in [4.78, 5) is 29.6. The van der Waals surface area contributed by atoms with Crippen molar-refractivity contribution >= 4 is 17.5 Å². The molecule has 33 heavy (non-hydrogen) atoms. The van der Waals surface area contributed by atoms with Crippen LogP contribution in [0.1, 0.15) is 48.3 Å². The van der Waals surface area contributed by atoms with Gasteiger partial charge < -0.3 is 10.1 Å². The Labute approximate surface area is 194 Å². The molecule has 3 heterocycles. The molecule has 1 aliphatic carbocycles. The molecule has 5 heteroatoms. The number of anilines is 1. The van der Waals surface area contributed by atoms with Gasteiger partial charge in [0.05, 0.1) is 12.0 Å². The highest BCUT2D eigenvalue weighted by Gasteiger charge is 2.71. The van der Waals surface area contributed by atoms with E-state index in [-0.39, 0.29) is 29.9 Å². The van der Waals surface area contributed by atoms with E-state index >= 15 is 0 Å². The van der Waals surface area contributed by atoms with E-state index in [0.717, 1.165) is 42.5 Å². The van der Waals surface area contributed by atoms with Crippen molar-refractivity contribution in [3.8, 4) is 0 Å². The molecule has 0 radical (unpaired) electrons. The molecule has 3 fully saturated rings. The molecule has 2 amide bonds. The maximum atomic E-state index is 14.1. The Bertz CT molecular complexity index is 1130. The molecule has 1 N–H and O–H groups in total. The Morgan fingerprint density at radius 3 is 2.55 bits per heavy atom. The first-order valence-corrected chi connectivity index (χ1v) is 12.1. The molecular formula is C28H30N2O3. The van der Waals surface area contributed by atoms with Gasteiger partial charge in [0.1, 0.15) is 11.6 Å². The fraction of sp³-hybridized carbons (Fsp3) is 0.429. The Morgan fingerprint density at radius 1 is 1.06 bits per heavy atom. The van der Waals surface area contributed by atoms with Crippen molar-refractivity contribution in [2.24, 2.45) is 5.92 Å². The van der Waals surface area contributed by atoms with Gasteiger partial charge in [-0.2, -0.15) is 0 Å². The largest absolute Gasteiger partial charge is 0.359 e. The summed E-state index contributed by atoms with van der Waals surface area (Å²) in [5.74, 6) is -0.645. The maximum Gasteiger partial charge on any atom is 0.246 e. The lowest BCUT2D eigenvalue weighted by atomic mass is 9.72. The fourth-order valence-corrected chi connectivity index (χ4v) is 6.45. The predicted molar refractivity (Wildman–Crippen MR) is 127 cm³/mol. The number of hydrogen-bond acceptors (Lipinski definition) is 3. The third-order valence-electron chi connectivity index (χ3n) is 7.97. The number of carbonyl (C=O) groups excluding carboxylic acids is 2. The van der Waals surface area contributed by atoms with Crippen molar-refractivity contribution in [3.63, 3.8) is 0 Å². The first kappa shape index (κ1) is 20.7. The van der Waals surface area contributed by atoms with Crippen LogP contribution in [0.25, 0.3) is 0 Å². The van der Waals surface area contributed by atoms with E-state index in [1.807, 2.05) is 37.3 Å². The number of rotatable bonds is 4. The molecular weight excluding hydrogens is 412 g/mol. The minimum atomic E-state index is -0.941. The minimum absolute atomic E-state index is 0.0235.